The van der Waals surface area contributed by atoms with Crippen LogP contribution in [-0.4, -0.2) is 42.6 Å². The Morgan fingerprint density at radius 2 is 2.15 bits per heavy atom. The summed E-state index contributed by atoms with van der Waals surface area (Å²) >= 11 is 8.32. The zero-order valence-electron chi connectivity index (χ0n) is 11.7. The molecule has 0 radical (unpaired) electrons. The number of thiocarbonyl (C=S) groups is 1. The maximum absolute atomic E-state index is 12.6. The van der Waals surface area contributed by atoms with Gasteiger partial charge in [0, 0.05) is 36.7 Å². The minimum Gasteiger partial charge on any atom is -0.393 e. The van der Waals surface area contributed by atoms with Crippen LogP contribution in [0.3, 0.4) is 0 Å². The number of hydrogen-bond acceptors (Lipinski definition) is 3. The quantitative estimate of drug-likeness (QED) is 0.760. The molecule has 2 N–H and O–H groups in total. The summed E-state index contributed by atoms with van der Waals surface area (Å²) in [6.45, 7) is 3.42. The van der Waals surface area contributed by atoms with Crippen LogP contribution in [0, 0.1) is 6.92 Å². The van der Waals surface area contributed by atoms with E-state index in [2.05, 4.69) is 15.9 Å². The second-order valence-electron chi connectivity index (χ2n) is 4.41. The van der Waals surface area contributed by atoms with Crippen LogP contribution < -0.4 is 5.73 Å². The predicted molar refractivity (Wildman–Crippen MR) is 88.1 cm³/mol. The molecule has 0 saturated carbocycles. The number of carbonyl (C=O) groups is 1. The lowest BCUT2D eigenvalue weighted by Crippen LogP contribution is -2.36. The SMILES string of the molecule is COCCN(CCC(N)=S)C(=O)c1cccc(Br)c1C. The summed E-state index contributed by atoms with van der Waals surface area (Å²) in [5.74, 6) is -0.0305. The smallest absolute Gasteiger partial charge is 0.254 e. The molecule has 0 aliphatic rings. The molecule has 0 bridgehead atoms. The summed E-state index contributed by atoms with van der Waals surface area (Å²) in [6.07, 6.45) is 0.512. The first-order valence-corrected chi connectivity index (χ1v) is 7.49. The van der Waals surface area contributed by atoms with Gasteiger partial charge in [-0.2, -0.15) is 0 Å². The number of carbonyl (C=O) groups excluding carboxylic acids is 1. The Morgan fingerprint density at radius 3 is 2.75 bits per heavy atom. The molecule has 110 valence electrons. The van der Waals surface area contributed by atoms with E-state index in [9.17, 15) is 4.79 Å². The van der Waals surface area contributed by atoms with Gasteiger partial charge in [0.15, 0.2) is 0 Å². The van der Waals surface area contributed by atoms with E-state index < -0.39 is 0 Å². The molecule has 0 atom stereocenters. The van der Waals surface area contributed by atoms with Gasteiger partial charge in [0.1, 0.15) is 0 Å². The van der Waals surface area contributed by atoms with Crippen molar-refractivity contribution in [1.82, 2.24) is 4.90 Å². The van der Waals surface area contributed by atoms with Crippen LogP contribution >= 0.6 is 28.1 Å². The van der Waals surface area contributed by atoms with E-state index in [4.69, 9.17) is 22.7 Å². The number of hydrogen-bond donors (Lipinski definition) is 1. The molecule has 0 unspecified atom stereocenters. The number of amides is 1. The number of ether oxygens (including phenoxy) is 1. The number of benzene rings is 1. The highest BCUT2D eigenvalue weighted by Crippen LogP contribution is 2.20. The molecule has 1 rings (SSSR count). The highest BCUT2D eigenvalue weighted by molar-refractivity contribution is 9.10. The van der Waals surface area contributed by atoms with E-state index in [1.54, 1.807) is 12.0 Å². The van der Waals surface area contributed by atoms with Gasteiger partial charge < -0.3 is 15.4 Å². The topological polar surface area (TPSA) is 55.6 Å². The lowest BCUT2D eigenvalue weighted by molar-refractivity contribution is 0.0700. The third-order valence-corrected chi connectivity index (χ3v) is 4.04. The molecule has 0 fully saturated rings. The molecule has 0 aromatic heterocycles. The first-order chi connectivity index (χ1) is 9.47. The zero-order valence-corrected chi connectivity index (χ0v) is 14.1. The first-order valence-electron chi connectivity index (χ1n) is 6.29. The Balaban J connectivity index is 2.90. The monoisotopic (exact) mass is 358 g/mol. The summed E-state index contributed by atoms with van der Waals surface area (Å²) in [5, 5.41) is 0. The third kappa shape index (κ3) is 4.85. The summed E-state index contributed by atoms with van der Waals surface area (Å²) in [7, 11) is 1.61. The molecule has 1 aromatic rings. The van der Waals surface area contributed by atoms with Gasteiger partial charge in [-0.1, -0.05) is 34.2 Å². The predicted octanol–water partition coefficient (Wildman–Crippen LogP) is 2.52. The van der Waals surface area contributed by atoms with Crippen molar-refractivity contribution in [3.05, 3.63) is 33.8 Å². The summed E-state index contributed by atoms with van der Waals surface area (Å²) < 4.78 is 5.97. The van der Waals surface area contributed by atoms with Gasteiger partial charge in [0.25, 0.3) is 5.91 Å². The minimum absolute atomic E-state index is 0.0305. The molecule has 0 aliphatic heterocycles. The normalized spacial score (nSPS) is 10.3. The van der Waals surface area contributed by atoms with Crippen molar-refractivity contribution in [2.24, 2.45) is 5.73 Å². The molecule has 0 heterocycles. The van der Waals surface area contributed by atoms with E-state index in [0.717, 1.165) is 10.0 Å². The van der Waals surface area contributed by atoms with Crippen LogP contribution in [0.4, 0.5) is 0 Å². The molecule has 0 saturated heterocycles. The largest absolute Gasteiger partial charge is 0.393 e. The number of nitrogens with zero attached hydrogens (tertiary/aromatic N) is 1. The Hall–Kier alpha value is -0.980. The van der Waals surface area contributed by atoms with Crippen LogP contribution in [0.5, 0.6) is 0 Å². The van der Waals surface area contributed by atoms with E-state index in [-0.39, 0.29) is 5.91 Å². The molecule has 6 heteroatoms. The van der Waals surface area contributed by atoms with Gasteiger partial charge in [-0.25, -0.2) is 0 Å². The van der Waals surface area contributed by atoms with E-state index >= 15 is 0 Å². The molecular formula is C14H19BrN2O2S. The highest BCUT2D eigenvalue weighted by Gasteiger charge is 2.18. The molecule has 0 aliphatic carbocycles. The number of rotatable bonds is 7. The third-order valence-electron chi connectivity index (χ3n) is 2.98. The lowest BCUT2D eigenvalue weighted by Gasteiger charge is -2.23. The Bertz CT molecular complexity index is 494. The lowest BCUT2D eigenvalue weighted by atomic mass is 10.1. The fourth-order valence-electron chi connectivity index (χ4n) is 1.77. The van der Waals surface area contributed by atoms with Gasteiger partial charge in [-0.15, -0.1) is 0 Å². The summed E-state index contributed by atoms with van der Waals surface area (Å²) in [4.78, 5) is 14.7. The summed E-state index contributed by atoms with van der Waals surface area (Å²) in [6, 6.07) is 5.59. The van der Waals surface area contributed by atoms with Crippen LogP contribution in [0.2, 0.25) is 0 Å². The van der Waals surface area contributed by atoms with Gasteiger partial charge in [-0.05, 0) is 24.6 Å². The maximum atomic E-state index is 12.6. The second kappa shape index (κ2) is 8.34. The Kier molecular flexibility index (Phi) is 7.12. The molecular weight excluding hydrogens is 340 g/mol. The average Bonchev–Trinajstić information content (AvgIpc) is 2.41. The number of halogens is 1. The number of methoxy groups -OCH3 is 1. The first kappa shape index (κ1) is 17.1. The number of nitrogens with two attached hydrogens (primary N) is 1. The van der Waals surface area contributed by atoms with Crippen molar-refractivity contribution in [3.8, 4) is 0 Å². The molecule has 1 amide bonds. The van der Waals surface area contributed by atoms with Crippen molar-refractivity contribution in [2.75, 3.05) is 26.8 Å². The van der Waals surface area contributed by atoms with Crippen LogP contribution in [-0.2, 0) is 4.74 Å². The van der Waals surface area contributed by atoms with E-state index in [1.807, 2.05) is 25.1 Å². The molecule has 1 aromatic carbocycles. The summed E-state index contributed by atoms with van der Waals surface area (Å²) in [5.41, 5.74) is 7.12. The van der Waals surface area contributed by atoms with Crippen LogP contribution in [0.1, 0.15) is 22.3 Å². The van der Waals surface area contributed by atoms with Crippen LogP contribution in [0.25, 0.3) is 0 Å². The van der Waals surface area contributed by atoms with Crippen molar-refractivity contribution < 1.29 is 9.53 Å². The average molecular weight is 359 g/mol. The van der Waals surface area contributed by atoms with E-state index in [0.29, 0.717) is 36.7 Å². The van der Waals surface area contributed by atoms with Crippen molar-refractivity contribution in [3.63, 3.8) is 0 Å². The molecule has 4 nitrogen and oxygen atoms in total. The van der Waals surface area contributed by atoms with Crippen molar-refractivity contribution >= 4 is 39.0 Å². The highest BCUT2D eigenvalue weighted by atomic mass is 79.9. The fourth-order valence-corrected chi connectivity index (χ4v) is 2.23. The van der Waals surface area contributed by atoms with Gasteiger partial charge >= 0.3 is 0 Å². The molecule has 20 heavy (non-hydrogen) atoms. The zero-order chi connectivity index (χ0) is 15.1. The second-order valence-corrected chi connectivity index (χ2v) is 5.79. The Labute approximate surface area is 133 Å². The van der Waals surface area contributed by atoms with Crippen molar-refractivity contribution in [1.29, 1.82) is 0 Å². The Morgan fingerprint density at radius 1 is 1.45 bits per heavy atom. The van der Waals surface area contributed by atoms with Gasteiger partial charge in [-0.3, -0.25) is 4.79 Å². The molecule has 0 spiro atoms. The van der Waals surface area contributed by atoms with Gasteiger partial charge in [0.05, 0.1) is 11.6 Å². The van der Waals surface area contributed by atoms with Crippen molar-refractivity contribution in [2.45, 2.75) is 13.3 Å². The minimum atomic E-state index is -0.0305. The van der Waals surface area contributed by atoms with Crippen LogP contribution in [0.15, 0.2) is 22.7 Å². The van der Waals surface area contributed by atoms with Gasteiger partial charge in [0.2, 0.25) is 0 Å². The van der Waals surface area contributed by atoms with E-state index in [1.165, 1.54) is 0 Å². The standard InChI is InChI=1S/C14H19BrN2O2S/c1-10-11(4-3-5-12(10)15)14(18)17(8-9-19-2)7-6-13(16)20/h3-5H,6-9H2,1-2H3,(H2,16,20). The maximum Gasteiger partial charge on any atom is 0.254 e. The fraction of sp³-hybridized carbons (Fsp3) is 0.429.